The van der Waals surface area contributed by atoms with Gasteiger partial charge in [-0.15, -0.1) is 0 Å². The van der Waals surface area contributed by atoms with Crippen molar-refractivity contribution in [1.82, 2.24) is 10.2 Å². The summed E-state index contributed by atoms with van der Waals surface area (Å²) >= 11 is 0. The van der Waals surface area contributed by atoms with Crippen molar-refractivity contribution in [2.45, 2.75) is 57.2 Å². The van der Waals surface area contributed by atoms with E-state index in [1.165, 1.54) is 25.9 Å². The molecule has 118 valence electrons. The summed E-state index contributed by atoms with van der Waals surface area (Å²) < 4.78 is 11.5. The highest BCUT2D eigenvalue weighted by Crippen LogP contribution is 2.27. The van der Waals surface area contributed by atoms with Crippen LogP contribution in [0.5, 0.6) is 0 Å². The third-order valence-corrected chi connectivity index (χ3v) is 4.75. The van der Waals surface area contributed by atoms with Crippen LogP contribution in [-0.2, 0) is 4.74 Å². The van der Waals surface area contributed by atoms with Crippen LogP contribution in [0.15, 0.2) is 22.8 Å². The van der Waals surface area contributed by atoms with E-state index in [0.717, 1.165) is 31.8 Å². The molecule has 0 radical (unpaired) electrons. The minimum atomic E-state index is 0.00371. The molecule has 0 spiro atoms. The van der Waals surface area contributed by atoms with E-state index in [2.05, 4.69) is 30.1 Å². The molecular formula is C17H28N2O2. The van der Waals surface area contributed by atoms with Crippen molar-refractivity contribution in [1.29, 1.82) is 0 Å². The Morgan fingerprint density at radius 3 is 2.86 bits per heavy atom. The van der Waals surface area contributed by atoms with E-state index in [-0.39, 0.29) is 5.60 Å². The lowest BCUT2D eigenvalue weighted by molar-refractivity contribution is -0.0634. The predicted molar refractivity (Wildman–Crippen MR) is 83.3 cm³/mol. The monoisotopic (exact) mass is 292 g/mol. The van der Waals surface area contributed by atoms with Crippen LogP contribution < -0.4 is 5.32 Å². The summed E-state index contributed by atoms with van der Waals surface area (Å²) in [5, 5.41) is 3.76. The van der Waals surface area contributed by atoms with Crippen LogP contribution in [0.1, 0.15) is 51.3 Å². The Bertz CT molecular complexity index is 424. The Labute approximate surface area is 127 Å². The first-order chi connectivity index (χ1) is 10.1. The van der Waals surface area contributed by atoms with Crippen molar-refractivity contribution in [2.75, 3.05) is 26.2 Å². The lowest BCUT2D eigenvalue weighted by atomic mass is 9.94. The Kier molecular flexibility index (Phi) is 4.67. The second-order valence-electron chi connectivity index (χ2n) is 6.98. The number of furan rings is 1. The first-order valence-corrected chi connectivity index (χ1v) is 8.29. The van der Waals surface area contributed by atoms with Crippen LogP contribution in [0.4, 0.5) is 0 Å². The zero-order valence-corrected chi connectivity index (χ0v) is 13.3. The molecule has 0 bridgehead atoms. The van der Waals surface area contributed by atoms with Gasteiger partial charge in [-0.3, -0.25) is 4.90 Å². The Morgan fingerprint density at radius 2 is 2.19 bits per heavy atom. The molecule has 2 unspecified atom stereocenters. The zero-order chi connectivity index (χ0) is 14.7. The van der Waals surface area contributed by atoms with Crippen molar-refractivity contribution in [3.63, 3.8) is 0 Å². The van der Waals surface area contributed by atoms with Gasteiger partial charge in [0.1, 0.15) is 5.76 Å². The highest BCUT2D eigenvalue weighted by molar-refractivity contribution is 5.06. The molecule has 2 aliphatic heterocycles. The van der Waals surface area contributed by atoms with Crippen LogP contribution in [0.3, 0.4) is 0 Å². The molecule has 4 heteroatoms. The lowest BCUT2D eigenvalue weighted by Crippen LogP contribution is -2.46. The van der Waals surface area contributed by atoms with Crippen molar-refractivity contribution >= 4 is 0 Å². The van der Waals surface area contributed by atoms with Gasteiger partial charge in [0.15, 0.2) is 0 Å². The molecule has 1 aromatic heterocycles. The number of ether oxygens (including phenoxy) is 1. The maximum atomic E-state index is 5.81. The lowest BCUT2D eigenvalue weighted by Gasteiger charge is -2.37. The van der Waals surface area contributed by atoms with Gasteiger partial charge < -0.3 is 14.5 Å². The number of hydrogen-bond donors (Lipinski definition) is 1. The largest absolute Gasteiger partial charge is 0.468 e. The van der Waals surface area contributed by atoms with Gasteiger partial charge in [0.25, 0.3) is 0 Å². The smallest absolute Gasteiger partial charge is 0.122 e. The summed E-state index contributed by atoms with van der Waals surface area (Å²) in [5.74, 6) is 1.09. The molecule has 1 aromatic rings. The fourth-order valence-corrected chi connectivity index (χ4v) is 3.63. The Morgan fingerprint density at radius 1 is 1.38 bits per heavy atom. The van der Waals surface area contributed by atoms with Crippen LogP contribution >= 0.6 is 0 Å². The third kappa shape index (κ3) is 3.87. The maximum absolute atomic E-state index is 5.81. The summed E-state index contributed by atoms with van der Waals surface area (Å²) in [6.45, 7) is 8.57. The molecule has 2 saturated heterocycles. The minimum Gasteiger partial charge on any atom is -0.468 e. The van der Waals surface area contributed by atoms with Crippen molar-refractivity contribution in [2.24, 2.45) is 0 Å². The molecule has 0 saturated carbocycles. The van der Waals surface area contributed by atoms with E-state index in [0.29, 0.717) is 12.1 Å². The average Bonchev–Trinajstić information content (AvgIpc) is 3.11. The fraction of sp³-hybridized carbons (Fsp3) is 0.765. The van der Waals surface area contributed by atoms with E-state index in [1.54, 1.807) is 6.26 Å². The van der Waals surface area contributed by atoms with Gasteiger partial charge in [-0.2, -0.15) is 0 Å². The molecular weight excluding hydrogens is 264 g/mol. The summed E-state index contributed by atoms with van der Waals surface area (Å²) in [7, 11) is 0. The zero-order valence-electron chi connectivity index (χ0n) is 13.3. The SMILES string of the molecule is CC1(C)CC(NCC(c2ccco2)N2CCCC2)CCO1. The average molecular weight is 292 g/mol. The van der Waals surface area contributed by atoms with Gasteiger partial charge in [-0.05, 0) is 64.8 Å². The Balaban J connectivity index is 1.59. The first-order valence-electron chi connectivity index (χ1n) is 8.29. The molecule has 1 N–H and O–H groups in total. The predicted octanol–water partition coefficient (Wildman–Crippen LogP) is 2.96. The molecule has 4 nitrogen and oxygen atoms in total. The standard InChI is InChI=1S/C17H28N2O2/c1-17(2)12-14(7-11-21-17)18-13-15(16-6-5-10-20-16)19-8-3-4-9-19/h5-6,10,14-15,18H,3-4,7-9,11-13H2,1-2H3. The van der Waals surface area contributed by atoms with E-state index in [1.807, 2.05) is 6.07 Å². The molecule has 3 heterocycles. The highest BCUT2D eigenvalue weighted by Gasteiger charge is 2.31. The number of likely N-dealkylation sites (tertiary alicyclic amines) is 1. The number of nitrogens with zero attached hydrogens (tertiary/aromatic N) is 1. The minimum absolute atomic E-state index is 0.00371. The fourth-order valence-electron chi connectivity index (χ4n) is 3.63. The molecule has 3 rings (SSSR count). The summed E-state index contributed by atoms with van der Waals surface area (Å²) in [6, 6.07) is 5.02. The van der Waals surface area contributed by atoms with Crippen LogP contribution in [-0.4, -0.2) is 42.8 Å². The molecule has 2 aliphatic rings. The van der Waals surface area contributed by atoms with Gasteiger partial charge in [-0.1, -0.05) is 0 Å². The molecule has 2 fully saturated rings. The summed E-state index contributed by atoms with van der Waals surface area (Å²) in [4.78, 5) is 2.55. The van der Waals surface area contributed by atoms with Crippen LogP contribution in [0.2, 0.25) is 0 Å². The quantitative estimate of drug-likeness (QED) is 0.905. The maximum Gasteiger partial charge on any atom is 0.122 e. The van der Waals surface area contributed by atoms with E-state index in [4.69, 9.17) is 9.15 Å². The molecule has 0 amide bonds. The molecule has 0 aromatic carbocycles. The highest BCUT2D eigenvalue weighted by atomic mass is 16.5. The van der Waals surface area contributed by atoms with Crippen molar-refractivity contribution < 1.29 is 9.15 Å². The first kappa shape index (κ1) is 15.1. The molecule has 2 atom stereocenters. The summed E-state index contributed by atoms with van der Waals surface area (Å²) in [5.41, 5.74) is 0.00371. The second kappa shape index (κ2) is 6.51. The number of nitrogens with one attached hydrogen (secondary N) is 1. The number of rotatable bonds is 5. The van der Waals surface area contributed by atoms with Gasteiger partial charge in [-0.25, -0.2) is 0 Å². The van der Waals surface area contributed by atoms with Gasteiger partial charge in [0.05, 0.1) is 17.9 Å². The Hall–Kier alpha value is -0.840. The van der Waals surface area contributed by atoms with Crippen molar-refractivity contribution in [3.8, 4) is 0 Å². The topological polar surface area (TPSA) is 37.6 Å². The van der Waals surface area contributed by atoms with Gasteiger partial charge in [0, 0.05) is 19.2 Å². The normalized spacial score (nSPS) is 27.8. The summed E-state index contributed by atoms with van der Waals surface area (Å²) in [6.07, 6.45) is 6.59. The second-order valence-corrected chi connectivity index (χ2v) is 6.98. The third-order valence-electron chi connectivity index (χ3n) is 4.75. The van der Waals surface area contributed by atoms with Crippen LogP contribution in [0.25, 0.3) is 0 Å². The van der Waals surface area contributed by atoms with Gasteiger partial charge >= 0.3 is 0 Å². The van der Waals surface area contributed by atoms with E-state index >= 15 is 0 Å². The van der Waals surface area contributed by atoms with Crippen molar-refractivity contribution in [3.05, 3.63) is 24.2 Å². The molecule has 21 heavy (non-hydrogen) atoms. The number of hydrogen-bond acceptors (Lipinski definition) is 4. The van der Waals surface area contributed by atoms with Crippen LogP contribution in [0, 0.1) is 0 Å². The molecule has 0 aliphatic carbocycles. The van der Waals surface area contributed by atoms with E-state index in [9.17, 15) is 0 Å². The van der Waals surface area contributed by atoms with Gasteiger partial charge in [0.2, 0.25) is 0 Å². The van der Waals surface area contributed by atoms with E-state index < -0.39 is 0 Å².